The first-order valence-electron chi connectivity index (χ1n) is 2.81. The molecular formula is C6H3BrF2O2S. The fourth-order valence-electron chi connectivity index (χ4n) is 0.588. The number of hydrogen-bond donors (Lipinski definition) is 1. The molecule has 0 aromatic carbocycles. The minimum atomic E-state index is -3.78. The molecule has 0 atom stereocenters. The van der Waals surface area contributed by atoms with Gasteiger partial charge in [-0.25, -0.2) is 4.79 Å². The number of aliphatic carboxylic acids is 1. The monoisotopic (exact) mass is 256 g/mol. The number of rotatable bonds is 2. The normalized spacial score (nSPS) is 11.6. The summed E-state index contributed by atoms with van der Waals surface area (Å²) in [5, 5.41) is 8.15. The quantitative estimate of drug-likeness (QED) is 0.884. The Bertz CT molecular complexity index is 310. The van der Waals surface area contributed by atoms with Crippen LogP contribution < -0.4 is 0 Å². The first-order chi connectivity index (χ1) is 5.44. The fraction of sp³-hybridized carbons (Fsp3) is 0.167. The van der Waals surface area contributed by atoms with Crippen molar-refractivity contribution in [3.63, 3.8) is 0 Å². The van der Waals surface area contributed by atoms with E-state index < -0.39 is 16.8 Å². The highest BCUT2D eigenvalue weighted by Gasteiger charge is 2.42. The number of carboxylic acid groups (broad SMARTS) is 1. The zero-order valence-corrected chi connectivity index (χ0v) is 7.95. The lowest BCUT2D eigenvalue weighted by Gasteiger charge is -2.06. The minimum Gasteiger partial charge on any atom is -0.477 e. The summed E-state index contributed by atoms with van der Waals surface area (Å²) in [5.74, 6) is -5.91. The van der Waals surface area contributed by atoms with Gasteiger partial charge < -0.3 is 5.11 Å². The molecule has 0 unspecified atom stereocenters. The topological polar surface area (TPSA) is 37.3 Å². The molecule has 1 heterocycles. The van der Waals surface area contributed by atoms with Gasteiger partial charge in [-0.15, -0.1) is 11.3 Å². The lowest BCUT2D eigenvalue weighted by molar-refractivity contribution is -0.165. The van der Waals surface area contributed by atoms with Crippen molar-refractivity contribution in [3.8, 4) is 0 Å². The van der Waals surface area contributed by atoms with E-state index in [-0.39, 0.29) is 0 Å². The molecule has 1 aromatic rings. The zero-order chi connectivity index (χ0) is 9.35. The van der Waals surface area contributed by atoms with Crippen molar-refractivity contribution >= 4 is 33.2 Å². The Morgan fingerprint density at radius 1 is 1.58 bits per heavy atom. The van der Waals surface area contributed by atoms with Crippen LogP contribution in [0.1, 0.15) is 4.88 Å². The van der Waals surface area contributed by atoms with E-state index in [2.05, 4.69) is 15.9 Å². The maximum Gasteiger partial charge on any atom is 0.380 e. The third-order valence-electron chi connectivity index (χ3n) is 1.15. The molecule has 1 rings (SSSR count). The highest BCUT2D eigenvalue weighted by Crippen LogP contribution is 2.35. The number of hydrogen-bond acceptors (Lipinski definition) is 2. The summed E-state index contributed by atoms with van der Waals surface area (Å²) in [6, 6.07) is 2.47. The molecule has 66 valence electrons. The van der Waals surface area contributed by atoms with Crippen molar-refractivity contribution in [1.29, 1.82) is 0 Å². The molecule has 0 aliphatic carbocycles. The number of thiophene rings is 1. The van der Waals surface area contributed by atoms with Crippen LogP contribution in [0.3, 0.4) is 0 Å². The molecule has 0 radical (unpaired) electrons. The lowest BCUT2D eigenvalue weighted by Crippen LogP contribution is -2.23. The molecule has 12 heavy (non-hydrogen) atoms. The molecular weight excluding hydrogens is 254 g/mol. The summed E-state index contributed by atoms with van der Waals surface area (Å²) in [4.78, 5) is 9.60. The van der Waals surface area contributed by atoms with Crippen molar-refractivity contribution in [2.45, 2.75) is 5.92 Å². The van der Waals surface area contributed by atoms with Gasteiger partial charge in [0.2, 0.25) is 0 Å². The van der Waals surface area contributed by atoms with Crippen molar-refractivity contribution in [3.05, 3.63) is 20.8 Å². The maximum absolute atomic E-state index is 12.7. The smallest absolute Gasteiger partial charge is 0.380 e. The van der Waals surface area contributed by atoms with Crippen molar-refractivity contribution in [1.82, 2.24) is 0 Å². The van der Waals surface area contributed by atoms with E-state index in [1.165, 1.54) is 6.07 Å². The van der Waals surface area contributed by atoms with E-state index in [0.717, 1.165) is 6.07 Å². The molecule has 0 bridgehead atoms. The van der Waals surface area contributed by atoms with E-state index in [9.17, 15) is 13.6 Å². The summed E-state index contributed by atoms with van der Waals surface area (Å²) >= 11 is 3.67. The van der Waals surface area contributed by atoms with Crippen LogP contribution in [0.15, 0.2) is 15.9 Å². The largest absolute Gasteiger partial charge is 0.477 e. The first kappa shape index (κ1) is 9.60. The highest BCUT2D eigenvalue weighted by molar-refractivity contribution is 9.11. The van der Waals surface area contributed by atoms with E-state index >= 15 is 0 Å². The van der Waals surface area contributed by atoms with E-state index in [0.29, 0.717) is 15.1 Å². The van der Waals surface area contributed by atoms with Gasteiger partial charge in [0.1, 0.15) is 0 Å². The van der Waals surface area contributed by atoms with Gasteiger partial charge in [0.25, 0.3) is 0 Å². The highest BCUT2D eigenvalue weighted by atomic mass is 79.9. The average molecular weight is 257 g/mol. The second kappa shape index (κ2) is 3.10. The van der Waals surface area contributed by atoms with Gasteiger partial charge in [-0.05, 0) is 28.1 Å². The molecule has 1 N–H and O–H groups in total. The van der Waals surface area contributed by atoms with Crippen LogP contribution in [0.2, 0.25) is 0 Å². The number of carbonyl (C=O) groups is 1. The molecule has 0 aliphatic heterocycles. The predicted molar refractivity (Wildman–Crippen MR) is 43.5 cm³/mol. The van der Waals surface area contributed by atoms with Crippen molar-refractivity contribution in [2.75, 3.05) is 0 Å². The average Bonchev–Trinajstić information content (AvgIpc) is 2.35. The Balaban J connectivity index is 3.05. The third kappa shape index (κ3) is 1.64. The van der Waals surface area contributed by atoms with E-state index in [1.54, 1.807) is 0 Å². The predicted octanol–water partition coefficient (Wildman–Crippen LogP) is 2.69. The van der Waals surface area contributed by atoms with Gasteiger partial charge in [-0.3, -0.25) is 0 Å². The van der Waals surface area contributed by atoms with Gasteiger partial charge in [-0.1, -0.05) is 0 Å². The first-order valence-corrected chi connectivity index (χ1v) is 4.42. The van der Waals surface area contributed by atoms with Crippen LogP contribution in [0.5, 0.6) is 0 Å². The Labute approximate surface area is 79.0 Å². The Hall–Kier alpha value is -0.490. The third-order valence-corrected chi connectivity index (χ3v) is 2.84. The Kier molecular flexibility index (Phi) is 2.48. The van der Waals surface area contributed by atoms with E-state index in [1.807, 2.05) is 0 Å². The SMILES string of the molecule is O=C(O)C(F)(F)c1ccc(Br)s1. The second-order valence-electron chi connectivity index (χ2n) is 1.98. The van der Waals surface area contributed by atoms with Crippen molar-refractivity contribution in [2.24, 2.45) is 0 Å². The van der Waals surface area contributed by atoms with Gasteiger partial charge >= 0.3 is 11.9 Å². The molecule has 0 spiro atoms. The molecule has 0 saturated carbocycles. The van der Waals surface area contributed by atoms with Gasteiger partial charge in [0.15, 0.2) is 0 Å². The van der Waals surface area contributed by atoms with Crippen LogP contribution >= 0.6 is 27.3 Å². The van der Waals surface area contributed by atoms with Crippen LogP contribution in [0.25, 0.3) is 0 Å². The number of carboxylic acids is 1. The molecule has 0 saturated heterocycles. The lowest BCUT2D eigenvalue weighted by atomic mass is 10.3. The molecule has 0 amide bonds. The molecule has 0 fully saturated rings. The van der Waals surface area contributed by atoms with E-state index in [4.69, 9.17) is 5.11 Å². The molecule has 0 aliphatic rings. The molecule has 1 aromatic heterocycles. The second-order valence-corrected chi connectivity index (χ2v) is 4.45. The maximum atomic E-state index is 12.7. The molecule has 2 nitrogen and oxygen atoms in total. The summed E-state index contributed by atoms with van der Waals surface area (Å²) in [6.45, 7) is 0. The standard InChI is InChI=1S/C6H3BrF2O2S/c7-4-2-1-3(12-4)6(8,9)5(10)11/h1-2H,(H,10,11). The summed E-state index contributed by atoms with van der Waals surface area (Å²) < 4.78 is 25.8. The van der Waals surface area contributed by atoms with Gasteiger partial charge in [0, 0.05) is 0 Å². The van der Waals surface area contributed by atoms with Crippen LogP contribution in [0, 0.1) is 0 Å². The Morgan fingerprint density at radius 2 is 2.17 bits per heavy atom. The van der Waals surface area contributed by atoms with Crippen LogP contribution in [0.4, 0.5) is 8.78 Å². The summed E-state index contributed by atoms with van der Waals surface area (Å²) in [5.41, 5.74) is 0. The van der Waals surface area contributed by atoms with Crippen LogP contribution in [-0.2, 0) is 10.7 Å². The Morgan fingerprint density at radius 3 is 2.50 bits per heavy atom. The fourth-order valence-corrected chi connectivity index (χ4v) is 1.94. The van der Waals surface area contributed by atoms with Gasteiger partial charge in [0.05, 0.1) is 8.66 Å². The van der Waals surface area contributed by atoms with Gasteiger partial charge in [-0.2, -0.15) is 8.78 Å². The summed E-state index contributed by atoms with van der Waals surface area (Å²) in [6.07, 6.45) is 0. The zero-order valence-electron chi connectivity index (χ0n) is 5.55. The summed E-state index contributed by atoms with van der Waals surface area (Å²) in [7, 11) is 0. The van der Waals surface area contributed by atoms with Crippen molar-refractivity contribution < 1.29 is 18.7 Å². The molecule has 6 heteroatoms. The minimum absolute atomic E-state index is 0.470. The number of halogens is 3. The number of alkyl halides is 2. The van der Waals surface area contributed by atoms with Crippen LogP contribution in [-0.4, -0.2) is 11.1 Å².